The van der Waals surface area contributed by atoms with Gasteiger partial charge < -0.3 is 24.2 Å². The van der Waals surface area contributed by atoms with Crippen molar-refractivity contribution in [3.05, 3.63) is 29.3 Å². The highest BCUT2D eigenvalue weighted by Crippen LogP contribution is 2.47. The van der Waals surface area contributed by atoms with Crippen molar-refractivity contribution >= 4 is 39.8 Å². The third-order valence-electron chi connectivity index (χ3n) is 5.18. The Hall–Kier alpha value is -2.92. The predicted molar refractivity (Wildman–Crippen MR) is 104 cm³/mol. The van der Waals surface area contributed by atoms with Crippen molar-refractivity contribution in [2.45, 2.75) is 45.6 Å². The van der Waals surface area contributed by atoms with Gasteiger partial charge in [-0.1, -0.05) is 0 Å². The molecule has 0 aromatic carbocycles. The van der Waals surface area contributed by atoms with Gasteiger partial charge in [-0.25, -0.2) is 14.6 Å². The molecule has 0 aliphatic carbocycles. The highest BCUT2D eigenvalue weighted by atomic mass is 32.1. The zero-order chi connectivity index (χ0) is 21.6. The van der Waals surface area contributed by atoms with E-state index in [1.807, 2.05) is 9.78 Å². The number of amides is 1. The minimum Gasteiger partial charge on any atom is -0.435 e. The Balaban J connectivity index is 1.65. The smallest absolute Gasteiger partial charge is 0.435 e. The number of aromatic nitrogens is 2. The summed E-state index contributed by atoms with van der Waals surface area (Å²) in [6, 6.07) is -0.338. The number of carbonyl (C=O) groups excluding carboxylic acids is 3. The summed E-state index contributed by atoms with van der Waals surface area (Å²) < 4.78 is 16.7. The van der Waals surface area contributed by atoms with Crippen LogP contribution in [-0.2, 0) is 23.8 Å². The molecule has 2 aliphatic rings. The Morgan fingerprint density at radius 3 is 2.83 bits per heavy atom. The fraction of sp³-hybridized carbons (Fsp3) is 0.474. The van der Waals surface area contributed by atoms with Gasteiger partial charge in [0.05, 0.1) is 36.6 Å². The number of thiazole rings is 1. The molecule has 2 aliphatic heterocycles. The van der Waals surface area contributed by atoms with E-state index in [0.717, 1.165) is 10.5 Å². The average molecular weight is 435 g/mol. The number of hydrogen-bond acceptors (Lipinski definition) is 9. The van der Waals surface area contributed by atoms with Gasteiger partial charge in [-0.15, -0.1) is 11.3 Å². The highest BCUT2D eigenvalue weighted by Gasteiger charge is 2.57. The SMILES string of the molecule is CCOC(=O)OC(C)OC(=O)C1=C(c2csc3cncn23)C[C@@H]2[C@@H]([C@@H](C)O)C(=O)N12. The van der Waals surface area contributed by atoms with Gasteiger partial charge in [0.2, 0.25) is 12.2 Å². The largest absolute Gasteiger partial charge is 0.511 e. The number of aliphatic hydroxyl groups is 1. The molecule has 4 atom stereocenters. The molecule has 1 saturated heterocycles. The number of esters is 1. The molecule has 2 aromatic heterocycles. The van der Waals surface area contributed by atoms with Crippen LogP contribution in [0.4, 0.5) is 4.79 Å². The second-order valence-electron chi connectivity index (χ2n) is 7.07. The summed E-state index contributed by atoms with van der Waals surface area (Å²) in [6.45, 7) is 4.69. The topological polar surface area (TPSA) is 120 Å². The standard InChI is InChI=1S/C19H21N3O7S/c1-4-27-19(26)29-10(3)28-18(25)16-11(13-7-30-14-6-20-8-21(13)14)5-12-15(9(2)23)17(24)22(12)16/h6-10,12,15,23H,4-5H2,1-3H3/t9-,10?,12-,15-/m1/s1. The van der Waals surface area contributed by atoms with Crippen LogP contribution in [0.5, 0.6) is 0 Å². The minimum absolute atomic E-state index is 0.0922. The number of aliphatic hydroxyl groups excluding tert-OH is 1. The first-order valence-electron chi connectivity index (χ1n) is 9.52. The first kappa shape index (κ1) is 20.4. The highest BCUT2D eigenvalue weighted by molar-refractivity contribution is 7.15. The maximum absolute atomic E-state index is 13.0. The quantitative estimate of drug-likeness (QED) is 0.414. The Labute approximate surface area is 175 Å². The number of imidazole rings is 1. The van der Waals surface area contributed by atoms with Crippen LogP contribution in [-0.4, -0.2) is 62.5 Å². The number of ether oxygens (including phenoxy) is 3. The van der Waals surface area contributed by atoms with Gasteiger partial charge in [0.25, 0.3) is 0 Å². The van der Waals surface area contributed by atoms with Crippen molar-refractivity contribution in [2.24, 2.45) is 5.92 Å². The second-order valence-corrected chi connectivity index (χ2v) is 7.96. The first-order valence-corrected chi connectivity index (χ1v) is 10.4. The van der Waals surface area contributed by atoms with Crippen LogP contribution in [0, 0.1) is 5.92 Å². The zero-order valence-electron chi connectivity index (χ0n) is 16.6. The van der Waals surface area contributed by atoms with Gasteiger partial charge in [0.1, 0.15) is 16.9 Å². The number of β-lactam (4-membered cyclic amide) rings is 1. The van der Waals surface area contributed by atoms with E-state index in [1.165, 1.54) is 23.2 Å². The normalized spacial score (nSPS) is 22.5. The van der Waals surface area contributed by atoms with Crippen molar-refractivity contribution in [3.8, 4) is 0 Å². The molecule has 0 saturated carbocycles. The molecular formula is C19H21N3O7S. The summed E-state index contributed by atoms with van der Waals surface area (Å²) in [7, 11) is 0. The number of fused-ring (bicyclic) bond motifs is 2. The molecule has 11 heteroatoms. The number of carbonyl (C=O) groups is 3. The van der Waals surface area contributed by atoms with E-state index in [0.29, 0.717) is 12.0 Å². The molecule has 1 unspecified atom stereocenters. The van der Waals surface area contributed by atoms with Crippen LogP contribution in [0.15, 0.2) is 23.6 Å². The fourth-order valence-electron chi connectivity index (χ4n) is 3.95. The summed E-state index contributed by atoms with van der Waals surface area (Å²) in [5.41, 5.74) is 1.44. The molecule has 0 spiro atoms. The minimum atomic E-state index is -1.20. The van der Waals surface area contributed by atoms with Crippen LogP contribution >= 0.6 is 11.3 Å². The monoisotopic (exact) mass is 435 g/mol. The molecular weight excluding hydrogens is 414 g/mol. The van der Waals surface area contributed by atoms with Crippen molar-refractivity contribution in [1.29, 1.82) is 0 Å². The Bertz CT molecular complexity index is 1040. The van der Waals surface area contributed by atoms with Gasteiger partial charge in [0, 0.05) is 17.9 Å². The average Bonchev–Trinajstić information content (AvgIpc) is 3.33. The summed E-state index contributed by atoms with van der Waals surface area (Å²) in [4.78, 5) is 43.5. The third kappa shape index (κ3) is 3.23. The van der Waals surface area contributed by atoms with Crippen molar-refractivity contribution in [3.63, 3.8) is 0 Å². The van der Waals surface area contributed by atoms with E-state index < -0.39 is 30.4 Å². The molecule has 2 aromatic rings. The van der Waals surface area contributed by atoms with Crippen molar-refractivity contribution in [2.75, 3.05) is 6.61 Å². The molecule has 30 heavy (non-hydrogen) atoms. The lowest BCUT2D eigenvalue weighted by atomic mass is 9.83. The zero-order valence-corrected chi connectivity index (χ0v) is 17.4. The van der Waals surface area contributed by atoms with Gasteiger partial charge in [0.15, 0.2) is 0 Å². The van der Waals surface area contributed by atoms with Gasteiger partial charge in [-0.3, -0.25) is 9.20 Å². The van der Waals surface area contributed by atoms with Gasteiger partial charge in [-0.05, 0) is 20.3 Å². The lowest BCUT2D eigenvalue weighted by Gasteiger charge is -2.44. The summed E-state index contributed by atoms with van der Waals surface area (Å²) >= 11 is 1.46. The Morgan fingerprint density at radius 1 is 1.37 bits per heavy atom. The Kier molecular flexibility index (Phi) is 5.24. The fourth-order valence-corrected chi connectivity index (χ4v) is 4.82. The van der Waals surface area contributed by atoms with Crippen LogP contribution < -0.4 is 0 Å². The molecule has 0 bridgehead atoms. The third-order valence-corrected chi connectivity index (χ3v) is 6.07. The first-order chi connectivity index (χ1) is 14.3. The second kappa shape index (κ2) is 7.73. The van der Waals surface area contributed by atoms with E-state index in [9.17, 15) is 19.5 Å². The lowest BCUT2D eigenvalue weighted by Crippen LogP contribution is -2.62. The number of nitrogens with zero attached hydrogens (tertiary/aromatic N) is 3. The molecule has 4 rings (SSSR count). The van der Waals surface area contributed by atoms with E-state index in [2.05, 4.69) is 9.72 Å². The van der Waals surface area contributed by atoms with Crippen LogP contribution in [0.1, 0.15) is 32.9 Å². The van der Waals surface area contributed by atoms with Crippen molar-refractivity contribution < 1.29 is 33.7 Å². The molecule has 4 heterocycles. The lowest BCUT2D eigenvalue weighted by molar-refractivity contribution is -0.172. The van der Waals surface area contributed by atoms with E-state index in [-0.39, 0.29) is 24.3 Å². The molecule has 1 amide bonds. The molecule has 0 radical (unpaired) electrons. The summed E-state index contributed by atoms with van der Waals surface area (Å²) in [6.07, 6.45) is 0.732. The number of rotatable bonds is 6. The van der Waals surface area contributed by atoms with Gasteiger partial charge in [-0.2, -0.15) is 0 Å². The summed E-state index contributed by atoms with van der Waals surface area (Å²) in [5.74, 6) is -1.72. The van der Waals surface area contributed by atoms with Crippen LogP contribution in [0.3, 0.4) is 0 Å². The molecule has 1 fully saturated rings. The van der Waals surface area contributed by atoms with Gasteiger partial charge >= 0.3 is 12.1 Å². The maximum Gasteiger partial charge on any atom is 0.511 e. The number of hydrogen-bond donors (Lipinski definition) is 1. The van der Waals surface area contributed by atoms with Crippen molar-refractivity contribution in [1.82, 2.24) is 14.3 Å². The molecule has 10 nitrogen and oxygen atoms in total. The molecule has 160 valence electrons. The Morgan fingerprint density at radius 2 is 2.13 bits per heavy atom. The van der Waals surface area contributed by atoms with Crippen LogP contribution in [0.2, 0.25) is 0 Å². The van der Waals surface area contributed by atoms with E-state index in [4.69, 9.17) is 9.47 Å². The van der Waals surface area contributed by atoms with Crippen LogP contribution in [0.25, 0.3) is 10.4 Å². The molecule has 1 N–H and O–H groups in total. The van der Waals surface area contributed by atoms with E-state index in [1.54, 1.807) is 26.4 Å². The predicted octanol–water partition coefficient (Wildman–Crippen LogP) is 1.78. The maximum atomic E-state index is 13.0. The summed E-state index contributed by atoms with van der Waals surface area (Å²) in [5, 5.41) is 11.9. The van der Waals surface area contributed by atoms with E-state index >= 15 is 0 Å².